The quantitative estimate of drug-likeness (QED) is 0.800. The Kier molecular flexibility index (Phi) is 4.11. The summed E-state index contributed by atoms with van der Waals surface area (Å²) >= 11 is 3.24. The van der Waals surface area contributed by atoms with Gasteiger partial charge in [0.05, 0.1) is 11.6 Å². The van der Waals surface area contributed by atoms with E-state index in [1.165, 1.54) is 19.2 Å². The Hall–Kier alpha value is -1.53. The van der Waals surface area contributed by atoms with Crippen LogP contribution in [0.15, 0.2) is 57.9 Å². The van der Waals surface area contributed by atoms with Crippen molar-refractivity contribution in [2.45, 2.75) is 4.90 Å². The van der Waals surface area contributed by atoms with Gasteiger partial charge in [0.25, 0.3) is 0 Å². The predicted octanol–water partition coefficient (Wildman–Crippen LogP) is 3.23. The summed E-state index contributed by atoms with van der Waals surface area (Å²) in [5, 5.41) is 0. The largest absolute Gasteiger partial charge is 0.496 e. The Morgan fingerprint density at radius 3 is 2.32 bits per heavy atom. The molecule has 0 bridgehead atoms. The normalized spacial score (nSPS) is 11.1. The second kappa shape index (κ2) is 5.63. The van der Waals surface area contributed by atoms with Crippen LogP contribution in [-0.2, 0) is 10.1 Å². The highest BCUT2D eigenvalue weighted by Gasteiger charge is 2.18. The first-order valence-corrected chi connectivity index (χ1v) is 7.56. The lowest BCUT2D eigenvalue weighted by Crippen LogP contribution is -2.09. The molecule has 4 nitrogen and oxygen atoms in total. The van der Waals surface area contributed by atoms with Crippen molar-refractivity contribution in [3.8, 4) is 11.5 Å². The molecule has 0 N–H and O–H groups in total. The lowest BCUT2D eigenvalue weighted by Gasteiger charge is -2.08. The van der Waals surface area contributed by atoms with Gasteiger partial charge in [-0.15, -0.1) is 0 Å². The summed E-state index contributed by atoms with van der Waals surface area (Å²) in [6.45, 7) is 0. The van der Waals surface area contributed by atoms with Crippen LogP contribution < -0.4 is 8.92 Å². The van der Waals surface area contributed by atoms with E-state index in [1.54, 1.807) is 36.4 Å². The first kappa shape index (κ1) is 13.9. The molecule has 0 saturated heterocycles. The maximum Gasteiger partial charge on any atom is 0.339 e. The Balaban J connectivity index is 2.32. The van der Waals surface area contributed by atoms with Crippen molar-refractivity contribution in [3.63, 3.8) is 0 Å². The molecule has 2 rings (SSSR count). The summed E-state index contributed by atoms with van der Waals surface area (Å²) in [7, 11) is -2.34. The molecule has 0 amide bonds. The van der Waals surface area contributed by atoms with E-state index in [1.807, 2.05) is 0 Å². The molecule has 0 saturated carbocycles. The third kappa shape index (κ3) is 3.27. The molecule has 0 heterocycles. The van der Waals surface area contributed by atoms with E-state index < -0.39 is 10.1 Å². The number of benzene rings is 2. The van der Waals surface area contributed by atoms with Gasteiger partial charge in [0, 0.05) is 0 Å². The molecule has 100 valence electrons. The number of ether oxygens (including phenoxy) is 1. The summed E-state index contributed by atoms with van der Waals surface area (Å²) in [6.07, 6.45) is 0. The molecule has 0 atom stereocenters. The molecule has 0 fully saturated rings. The van der Waals surface area contributed by atoms with E-state index in [4.69, 9.17) is 8.92 Å². The first-order valence-electron chi connectivity index (χ1n) is 5.36. The number of halogens is 1. The van der Waals surface area contributed by atoms with Gasteiger partial charge in [0.15, 0.2) is 0 Å². The topological polar surface area (TPSA) is 52.6 Å². The molecule has 0 aliphatic carbocycles. The number of hydrogen-bond donors (Lipinski definition) is 0. The van der Waals surface area contributed by atoms with Crippen molar-refractivity contribution >= 4 is 26.0 Å². The Labute approximate surface area is 120 Å². The minimum Gasteiger partial charge on any atom is -0.496 e. The van der Waals surface area contributed by atoms with Gasteiger partial charge < -0.3 is 8.92 Å². The van der Waals surface area contributed by atoms with Crippen LogP contribution in [-0.4, -0.2) is 15.5 Å². The van der Waals surface area contributed by atoms with Gasteiger partial charge in [-0.05, 0) is 46.3 Å². The average Bonchev–Trinajstić information content (AvgIpc) is 2.39. The summed E-state index contributed by atoms with van der Waals surface area (Å²) in [6, 6.07) is 12.8. The van der Waals surface area contributed by atoms with Gasteiger partial charge in [-0.2, -0.15) is 8.42 Å². The minimum atomic E-state index is -3.85. The maximum absolute atomic E-state index is 12.1. The molecule has 0 aliphatic rings. The summed E-state index contributed by atoms with van der Waals surface area (Å²) in [5.41, 5.74) is 0. The molecular weight excluding hydrogens is 332 g/mol. The second-order valence-corrected chi connectivity index (χ2v) is 6.05. The molecule has 19 heavy (non-hydrogen) atoms. The first-order chi connectivity index (χ1) is 9.03. The van der Waals surface area contributed by atoms with Crippen LogP contribution in [0.3, 0.4) is 0 Å². The molecule has 0 unspecified atom stereocenters. The van der Waals surface area contributed by atoms with E-state index in [2.05, 4.69) is 15.9 Å². The van der Waals surface area contributed by atoms with Crippen molar-refractivity contribution in [2.75, 3.05) is 7.11 Å². The summed E-state index contributed by atoms with van der Waals surface area (Å²) < 4.78 is 34.8. The molecule has 0 spiro atoms. The van der Waals surface area contributed by atoms with E-state index >= 15 is 0 Å². The van der Waals surface area contributed by atoms with Crippen molar-refractivity contribution in [3.05, 3.63) is 53.0 Å². The van der Waals surface area contributed by atoms with Gasteiger partial charge in [-0.3, -0.25) is 0 Å². The fourth-order valence-corrected chi connectivity index (χ4v) is 3.10. The van der Waals surface area contributed by atoms with E-state index in [0.29, 0.717) is 10.2 Å². The standard InChI is InChI=1S/C13H11BrO4S/c1-17-13-8-7-11(9-12(13)14)19(15,16)18-10-5-3-2-4-6-10/h2-9H,1H3. The number of methoxy groups -OCH3 is 1. The zero-order valence-electron chi connectivity index (χ0n) is 10.0. The highest BCUT2D eigenvalue weighted by molar-refractivity contribution is 9.10. The summed E-state index contributed by atoms with van der Waals surface area (Å²) in [4.78, 5) is 0.0593. The fourth-order valence-electron chi connectivity index (χ4n) is 1.45. The Morgan fingerprint density at radius 1 is 1.05 bits per heavy atom. The Bertz CT molecular complexity index is 668. The van der Waals surface area contributed by atoms with Gasteiger partial charge in [-0.25, -0.2) is 0 Å². The molecule has 0 radical (unpaired) electrons. The lowest BCUT2D eigenvalue weighted by atomic mass is 10.3. The molecule has 0 aromatic heterocycles. The lowest BCUT2D eigenvalue weighted by molar-refractivity contribution is 0.411. The van der Waals surface area contributed by atoms with Crippen LogP contribution in [0.2, 0.25) is 0 Å². The second-order valence-electron chi connectivity index (χ2n) is 3.65. The fraction of sp³-hybridized carbons (Fsp3) is 0.0769. The highest BCUT2D eigenvalue weighted by Crippen LogP contribution is 2.28. The van der Waals surface area contributed by atoms with Crippen molar-refractivity contribution < 1.29 is 17.3 Å². The monoisotopic (exact) mass is 342 g/mol. The third-order valence-corrected chi connectivity index (χ3v) is 4.22. The third-order valence-electron chi connectivity index (χ3n) is 2.36. The van der Waals surface area contributed by atoms with Gasteiger partial charge in [-0.1, -0.05) is 18.2 Å². The van der Waals surface area contributed by atoms with E-state index in [-0.39, 0.29) is 10.6 Å². The molecule has 2 aromatic carbocycles. The summed E-state index contributed by atoms with van der Waals surface area (Å²) in [5.74, 6) is 0.827. The smallest absolute Gasteiger partial charge is 0.339 e. The zero-order valence-corrected chi connectivity index (χ0v) is 12.4. The predicted molar refractivity (Wildman–Crippen MR) is 74.9 cm³/mol. The number of hydrogen-bond acceptors (Lipinski definition) is 4. The minimum absolute atomic E-state index is 0.0593. The molecule has 6 heteroatoms. The molecule has 2 aromatic rings. The van der Waals surface area contributed by atoms with Gasteiger partial charge in [0.1, 0.15) is 16.4 Å². The average molecular weight is 343 g/mol. The van der Waals surface area contributed by atoms with Crippen LogP contribution in [0, 0.1) is 0 Å². The van der Waals surface area contributed by atoms with Crippen molar-refractivity contribution in [2.24, 2.45) is 0 Å². The van der Waals surface area contributed by atoms with E-state index in [0.717, 1.165) is 0 Å². The van der Waals surface area contributed by atoms with Gasteiger partial charge >= 0.3 is 10.1 Å². The number of rotatable bonds is 4. The van der Waals surface area contributed by atoms with Crippen molar-refractivity contribution in [1.82, 2.24) is 0 Å². The SMILES string of the molecule is COc1ccc(S(=O)(=O)Oc2ccccc2)cc1Br. The molecular formula is C13H11BrO4S. The highest BCUT2D eigenvalue weighted by atomic mass is 79.9. The van der Waals surface area contributed by atoms with Crippen molar-refractivity contribution in [1.29, 1.82) is 0 Å². The number of para-hydroxylation sites is 1. The van der Waals surface area contributed by atoms with Crippen LogP contribution >= 0.6 is 15.9 Å². The van der Waals surface area contributed by atoms with E-state index in [9.17, 15) is 8.42 Å². The maximum atomic E-state index is 12.1. The van der Waals surface area contributed by atoms with Crippen LogP contribution in [0.5, 0.6) is 11.5 Å². The zero-order chi connectivity index (χ0) is 13.9. The van der Waals surface area contributed by atoms with Crippen LogP contribution in [0.25, 0.3) is 0 Å². The van der Waals surface area contributed by atoms with Gasteiger partial charge in [0.2, 0.25) is 0 Å². The van der Waals surface area contributed by atoms with Crippen LogP contribution in [0.1, 0.15) is 0 Å². The van der Waals surface area contributed by atoms with Crippen LogP contribution in [0.4, 0.5) is 0 Å². The molecule has 0 aliphatic heterocycles. The Morgan fingerprint density at radius 2 is 1.74 bits per heavy atom.